The number of anilines is 1. The Kier molecular flexibility index (Phi) is 4.53. The van der Waals surface area contributed by atoms with Gasteiger partial charge in [0.05, 0.1) is 11.9 Å². The molecule has 8 heteroatoms. The van der Waals surface area contributed by atoms with Crippen molar-refractivity contribution in [2.24, 2.45) is 0 Å². The molecule has 1 aliphatic rings. The summed E-state index contributed by atoms with van der Waals surface area (Å²) in [6.45, 7) is 6.83. The van der Waals surface area contributed by atoms with Crippen LogP contribution < -0.4 is 4.90 Å². The molecule has 3 aromatic rings. The summed E-state index contributed by atoms with van der Waals surface area (Å²) in [5.74, 6) is 0.798. The Balaban J connectivity index is 1.45. The second-order valence-corrected chi connectivity index (χ2v) is 6.67. The molecule has 0 radical (unpaired) electrons. The van der Waals surface area contributed by atoms with E-state index in [2.05, 4.69) is 30.3 Å². The minimum Gasteiger partial charge on any atom is -0.338 e. The predicted molar refractivity (Wildman–Crippen MR) is 101 cm³/mol. The first-order chi connectivity index (χ1) is 13.1. The van der Waals surface area contributed by atoms with E-state index in [1.54, 1.807) is 6.20 Å². The number of carbonyl (C=O) groups excluding carboxylic acids is 1. The van der Waals surface area contributed by atoms with E-state index in [4.69, 9.17) is 0 Å². The number of aromatic amines is 1. The second-order valence-electron chi connectivity index (χ2n) is 6.67. The van der Waals surface area contributed by atoms with Crippen molar-refractivity contribution in [1.82, 2.24) is 30.3 Å². The van der Waals surface area contributed by atoms with Gasteiger partial charge in [0.2, 0.25) is 5.95 Å². The molecule has 4 rings (SSSR count). The first-order valence-electron chi connectivity index (χ1n) is 8.92. The molecule has 138 valence electrons. The maximum atomic E-state index is 12.8. The molecule has 8 nitrogen and oxygen atoms in total. The summed E-state index contributed by atoms with van der Waals surface area (Å²) in [5.41, 5.74) is 4.72. The van der Waals surface area contributed by atoms with Crippen LogP contribution in [-0.4, -0.2) is 62.4 Å². The van der Waals surface area contributed by atoms with E-state index in [-0.39, 0.29) is 5.91 Å². The van der Waals surface area contributed by atoms with Crippen LogP contribution in [0.4, 0.5) is 5.95 Å². The lowest BCUT2D eigenvalue weighted by Gasteiger charge is -2.34. The Morgan fingerprint density at radius 3 is 2.48 bits per heavy atom. The van der Waals surface area contributed by atoms with Gasteiger partial charge in [-0.3, -0.25) is 4.79 Å². The van der Waals surface area contributed by atoms with Crippen molar-refractivity contribution in [3.05, 3.63) is 53.5 Å². The molecule has 0 atom stereocenters. The van der Waals surface area contributed by atoms with Crippen LogP contribution in [0.5, 0.6) is 0 Å². The molecule has 0 bridgehead atoms. The van der Waals surface area contributed by atoms with Crippen molar-refractivity contribution in [1.29, 1.82) is 0 Å². The summed E-state index contributed by atoms with van der Waals surface area (Å²) in [7, 11) is 0. The molecule has 0 saturated carbocycles. The molecule has 0 aliphatic carbocycles. The highest BCUT2D eigenvalue weighted by molar-refractivity contribution is 5.94. The Hall–Kier alpha value is -3.29. The fraction of sp³-hybridized carbons (Fsp3) is 0.316. The summed E-state index contributed by atoms with van der Waals surface area (Å²) < 4.78 is 0. The van der Waals surface area contributed by atoms with Gasteiger partial charge in [-0.25, -0.2) is 5.10 Å². The first-order valence-corrected chi connectivity index (χ1v) is 8.92. The number of H-pyrrole nitrogens is 1. The topological polar surface area (TPSA) is 90.9 Å². The van der Waals surface area contributed by atoms with E-state index in [1.165, 1.54) is 6.33 Å². The molecule has 1 aromatic carbocycles. The molecular formula is C19H21N7O. The smallest absolute Gasteiger partial charge is 0.253 e. The molecule has 0 spiro atoms. The monoisotopic (exact) mass is 363 g/mol. The van der Waals surface area contributed by atoms with Crippen LogP contribution in [0.15, 0.2) is 36.8 Å². The number of piperazine rings is 1. The van der Waals surface area contributed by atoms with Gasteiger partial charge in [0.1, 0.15) is 6.33 Å². The SMILES string of the molecule is Cc1cnnc(-c2ccc(C(=O)N3CCN(c4ncn[nH]4)CC3)cc2)c1C. The molecule has 0 unspecified atom stereocenters. The molecule has 3 heterocycles. The number of benzene rings is 1. The molecular weight excluding hydrogens is 342 g/mol. The van der Waals surface area contributed by atoms with E-state index in [0.717, 1.165) is 41.4 Å². The van der Waals surface area contributed by atoms with Crippen LogP contribution in [0, 0.1) is 13.8 Å². The number of hydrogen-bond acceptors (Lipinski definition) is 6. The highest BCUT2D eigenvalue weighted by Gasteiger charge is 2.23. The van der Waals surface area contributed by atoms with E-state index in [9.17, 15) is 4.79 Å². The first kappa shape index (κ1) is 17.1. The van der Waals surface area contributed by atoms with Gasteiger partial charge in [-0.05, 0) is 37.1 Å². The average molecular weight is 363 g/mol. The van der Waals surface area contributed by atoms with Gasteiger partial charge < -0.3 is 9.80 Å². The number of aryl methyl sites for hydroxylation is 1. The molecule has 2 aromatic heterocycles. The van der Waals surface area contributed by atoms with E-state index >= 15 is 0 Å². The van der Waals surface area contributed by atoms with Crippen LogP contribution in [0.3, 0.4) is 0 Å². The van der Waals surface area contributed by atoms with Gasteiger partial charge in [-0.1, -0.05) is 12.1 Å². The van der Waals surface area contributed by atoms with E-state index in [1.807, 2.05) is 43.0 Å². The van der Waals surface area contributed by atoms with E-state index < -0.39 is 0 Å². The van der Waals surface area contributed by atoms with Crippen molar-refractivity contribution in [2.45, 2.75) is 13.8 Å². The van der Waals surface area contributed by atoms with Crippen LogP contribution in [0.25, 0.3) is 11.3 Å². The normalized spacial score (nSPS) is 14.4. The van der Waals surface area contributed by atoms with Gasteiger partial charge in [0.15, 0.2) is 0 Å². The largest absolute Gasteiger partial charge is 0.338 e. The Morgan fingerprint density at radius 2 is 1.81 bits per heavy atom. The number of aromatic nitrogens is 5. The summed E-state index contributed by atoms with van der Waals surface area (Å²) in [4.78, 5) is 20.9. The number of amides is 1. The molecule has 1 fully saturated rings. The van der Waals surface area contributed by atoms with Gasteiger partial charge in [-0.2, -0.15) is 20.3 Å². The van der Waals surface area contributed by atoms with Crippen molar-refractivity contribution in [2.75, 3.05) is 31.1 Å². The maximum absolute atomic E-state index is 12.8. The van der Waals surface area contributed by atoms with Crippen LogP contribution in [0.2, 0.25) is 0 Å². The third-order valence-corrected chi connectivity index (χ3v) is 5.03. The zero-order valence-electron chi connectivity index (χ0n) is 15.4. The van der Waals surface area contributed by atoms with Crippen molar-refractivity contribution in [3.8, 4) is 11.3 Å². The summed E-state index contributed by atoms with van der Waals surface area (Å²) in [6.07, 6.45) is 3.25. The summed E-state index contributed by atoms with van der Waals surface area (Å²) in [5, 5.41) is 15.0. The summed E-state index contributed by atoms with van der Waals surface area (Å²) in [6, 6.07) is 7.61. The van der Waals surface area contributed by atoms with Crippen molar-refractivity contribution >= 4 is 11.9 Å². The second kappa shape index (κ2) is 7.14. The Morgan fingerprint density at radius 1 is 1.07 bits per heavy atom. The van der Waals surface area contributed by atoms with Gasteiger partial charge in [0.25, 0.3) is 5.91 Å². The molecule has 27 heavy (non-hydrogen) atoms. The fourth-order valence-corrected chi connectivity index (χ4v) is 3.23. The fourth-order valence-electron chi connectivity index (χ4n) is 3.23. The molecule has 1 amide bonds. The van der Waals surface area contributed by atoms with Crippen molar-refractivity contribution in [3.63, 3.8) is 0 Å². The van der Waals surface area contributed by atoms with E-state index in [0.29, 0.717) is 18.7 Å². The van der Waals surface area contributed by atoms with Crippen LogP contribution in [-0.2, 0) is 0 Å². The highest BCUT2D eigenvalue weighted by atomic mass is 16.2. The average Bonchev–Trinajstić information content (AvgIpc) is 3.25. The minimum absolute atomic E-state index is 0.0471. The minimum atomic E-state index is 0.0471. The highest BCUT2D eigenvalue weighted by Crippen LogP contribution is 2.23. The zero-order chi connectivity index (χ0) is 18.8. The van der Waals surface area contributed by atoms with Crippen LogP contribution >= 0.6 is 0 Å². The standard InChI is InChI=1S/C19H21N7O/c1-13-11-21-23-17(14(13)2)15-3-5-16(6-4-15)18(27)25-7-9-26(10-8-25)19-20-12-22-24-19/h3-6,11-12H,7-10H2,1-2H3,(H,20,22,24). The number of rotatable bonds is 3. The number of hydrogen-bond donors (Lipinski definition) is 1. The van der Waals surface area contributed by atoms with Crippen LogP contribution in [0.1, 0.15) is 21.5 Å². The van der Waals surface area contributed by atoms with Crippen molar-refractivity contribution < 1.29 is 4.79 Å². The zero-order valence-corrected chi connectivity index (χ0v) is 15.4. The summed E-state index contributed by atoms with van der Waals surface area (Å²) >= 11 is 0. The lowest BCUT2D eigenvalue weighted by Crippen LogP contribution is -2.49. The Bertz CT molecular complexity index is 929. The Labute approximate surface area is 157 Å². The lowest BCUT2D eigenvalue weighted by molar-refractivity contribution is 0.0746. The van der Waals surface area contributed by atoms with Gasteiger partial charge in [-0.15, -0.1) is 0 Å². The predicted octanol–water partition coefficient (Wildman–Crippen LogP) is 1.84. The van der Waals surface area contributed by atoms with Gasteiger partial charge >= 0.3 is 0 Å². The number of carbonyl (C=O) groups is 1. The molecule has 1 saturated heterocycles. The lowest BCUT2D eigenvalue weighted by atomic mass is 10.0. The third-order valence-electron chi connectivity index (χ3n) is 5.03. The van der Waals surface area contributed by atoms with Gasteiger partial charge in [0, 0.05) is 37.3 Å². The number of nitrogens with zero attached hydrogens (tertiary/aromatic N) is 6. The molecule has 1 aliphatic heterocycles. The molecule has 1 N–H and O–H groups in total. The quantitative estimate of drug-likeness (QED) is 0.764. The maximum Gasteiger partial charge on any atom is 0.253 e. The number of nitrogens with one attached hydrogen (secondary N) is 1. The third kappa shape index (κ3) is 3.38.